The van der Waals surface area contributed by atoms with Gasteiger partial charge in [-0.25, -0.2) is 4.98 Å². The van der Waals surface area contributed by atoms with Crippen molar-refractivity contribution in [3.63, 3.8) is 0 Å². The minimum atomic E-state index is 0.0777. The van der Waals surface area contributed by atoms with E-state index in [1.807, 2.05) is 36.4 Å². The van der Waals surface area contributed by atoms with Crippen molar-refractivity contribution in [2.45, 2.75) is 19.4 Å². The van der Waals surface area contributed by atoms with Crippen molar-refractivity contribution in [1.29, 1.82) is 0 Å². The molecule has 1 saturated heterocycles. The van der Waals surface area contributed by atoms with Crippen LogP contribution in [-0.2, 0) is 11.3 Å². The van der Waals surface area contributed by atoms with E-state index in [0.29, 0.717) is 6.54 Å². The standard InChI is InChI=1S/C21H23N3O2S/c1-26-17-8-6-15(7-9-17)14-22-20(25)16-10-12-24(13-11-16)21-23-18-4-2-3-5-19(18)27-21/h2-9,16H,10-14H2,1H3,(H,22,25). The lowest BCUT2D eigenvalue weighted by atomic mass is 9.96. The molecule has 1 amide bonds. The summed E-state index contributed by atoms with van der Waals surface area (Å²) in [5.74, 6) is 1.05. The van der Waals surface area contributed by atoms with Crippen LogP contribution in [-0.4, -0.2) is 31.1 Å². The predicted octanol–water partition coefficient (Wildman–Crippen LogP) is 3.84. The number of carbonyl (C=O) groups excluding carboxylic acids is 1. The van der Waals surface area contributed by atoms with Gasteiger partial charge in [-0.2, -0.15) is 0 Å². The minimum absolute atomic E-state index is 0.0777. The van der Waals surface area contributed by atoms with Gasteiger partial charge in [0.1, 0.15) is 5.75 Å². The molecular weight excluding hydrogens is 358 g/mol. The first-order chi connectivity index (χ1) is 13.2. The molecule has 3 aromatic rings. The molecule has 0 bridgehead atoms. The Kier molecular flexibility index (Phi) is 5.25. The van der Waals surface area contributed by atoms with Crippen molar-refractivity contribution in [2.24, 2.45) is 5.92 Å². The average Bonchev–Trinajstić information content (AvgIpc) is 3.17. The fourth-order valence-electron chi connectivity index (χ4n) is 3.41. The molecule has 0 saturated carbocycles. The van der Waals surface area contributed by atoms with E-state index in [2.05, 4.69) is 22.3 Å². The van der Waals surface area contributed by atoms with Crippen LogP contribution < -0.4 is 15.0 Å². The van der Waals surface area contributed by atoms with Crippen LogP contribution in [0.5, 0.6) is 5.75 Å². The first kappa shape index (κ1) is 17.8. The summed E-state index contributed by atoms with van der Waals surface area (Å²) in [7, 11) is 1.65. The summed E-state index contributed by atoms with van der Waals surface area (Å²) in [5.41, 5.74) is 2.13. The number of anilines is 1. The molecule has 0 unspecified atom stereocenters. The zero-order valence-corrected chi connectivity index (χ0v) is 16.2. The number of ether oxygens (including phenoxy) is 1. The molecule has 140 valence electrons. The van der Waals surface area contributed by atoms with Crippen LogP contribution in [0.3, 0.4) is 0 Å². The van der Waals surface area contributed by atoms with E-state index < -0.39 is 0 Å². The number of hydrogen-bond donors (Lipinski definition) is 1. The van der Waals surface area contributed by atoms with Gasteiger partial charge in [-0.3, -0.25) is 4.79 Å². The largest absolute Gasteiger partial charge is 0.497 e. The molecule has 1 aliphatic heterocycles. The zero-order chi connectivity index (χ0) is 18.6. The second kappa shape index (κ2) is 7.96. The second-order valence-corrected chi connectivity index (χ2v) is 7.80. The van der Waals surface area contributed by atoms with Crippen LogP contribution >= 0.6 is 11.3 Å². The van der Waals surface area contributed by atoms with Crippen LogP contribution in [0, 0.1) is 5.92 Å². The van der Waals surface area contributed by atoms with E-state index in [0.717, 1.165) is 47.9 Å². The van der Waals surface area contributed by atoms with Crippen LogP contribution in [0.2, 0.25) is 0 Å². The maximum absolute atomic E-state index is 12.5. The SMILES string of the molecule is COc1ccc(CNC(=O)C2CCN(c3nc4ccccc4s3)CC2)cc1. The van der Waals surface area contributed by atoms with E-state index in [1.54, 1.807) is 18.4 Å². The van der Waals surface area contributed by atoms with Crippen molar-refractivity contribution < 1.29 is 9.53 Å². The fraction of sp³-hybridized carbons (Fsp3) is 0.333. The molecule has 0 radical (unpaired) electrons. The number of rotatable bonds is 5. The van der Waals surface area contributed by atoms with Crippen LogP contribution in [0.25, 0.3) is 10.2 Å². The van der Waals surface area contributed by atoms with Crippen LogP contribution in [0.1, 0.15) is 18.4 Å². The topological polar surface area (TPSA) is 54.5 Å². The number of nitrogens with one attached hydrogen (secondary N) is 1. The van der Waals surface area contributed by atoms with E-state index in [1.165, 1.54) is 4.70 Å². The van der Waals surface area contributed by atoms with E-state index >= 15 is 0 Å². The molecule has 4 rings (SSSR count). The monoisotopic (exact) mass is 381 g/mol. The number of piperidine rings is 1. The van der Waals surface area contributed by atoms with Gasteiger partial charge >= 0.3 is 0 Å². The molecule has 1 aliphatic rings. The lowest BCUT2D eigenvalue weighted by Gasteiger charge is -2.31. The molecule has 0 atom stereocenters. The molecule has 6 heteroatoms. The van der Waals surface area contributed by atoms with Crippen molar-refractivity contribution in [2.75, 3.05) is 25.1 Å². The van der Waals surface area contributed by atoms with Gasteiger partial charge in [0.15, 0.2) is 5.13 Å². The summed E-state index contributed by atoms with van der Waals surface area (Å²) in [6.45, 7) is 2.31. The highest BCUT2D eigenvalue weighted by Crippen LogP contribution is 2.31. The van der Waals surface area contributed by atoms with Crippen LogP contribution in [0.15, 0.2) is 48.5 Å². The summed E-state index contributed by atoms with van der Waals surface area (Å²) in [5, 5.41) is 4.13. The molecule has 5 nitrogen and oxygen atoms in total. The highest BCUT2D eigenvalue weighted by molar-refractivity contribution is 7.22. The number of thiazole rings is 1. The van der Waals surface area contributed by atoms with E-state index in [4.69, 9.17) is 9.72 Å². The Morgan fingerprint density at radius 2 is 1.93 bits per heavy atom. The summed E-state index contributed by atoms with van der Waals surface area (Å²) in [4.78, 5) is 19.5. The molecule has 0 spiro atoms. The normalized spacial score (nSPS) is 15.1. The van der Waals surface area contributed by atoms with Gasteiger partial charge in [0.2, 0.25) is 5.91 Å². The number of fused-ring (bicyclic) bond motifs is 1. The Labute approximate surface area is 163 Å². The Hall–Kier alpha value is -2.60. The van der Waals surface area contributed by atoms with Gasteiger partial charge in [0.25, 0.3) is 0 Å². The molecule has 0 aliphatic carbocycles. The van der Waals surface area contributed by atoms with E-state index in [9.17, 15) is 4.79 Å². The first-order valence-electron chi connectivity index (χ1n) is 9.24. The number of aromatic nitrogens is 1. The summed E-state index contributed by atoms with van der Waals surface area (Å²) >= 11 is 1.73. The van der Waals surface area contributed by atoms with E-state index in [-0.39, 0.29) is 11.8 Å². The summed E-state index contributed by atoms with van der Waals surface area (Å²) in [6.07, 6.45) is 1.73. The number of amides is 1. The number of nitrogens with zero attached hydrogens (tertiary/aromatic N) is 2. The van der Waals surface area contributed by atoms with Gasteiger partial charge in [0.05, 0.1) is 17.3 Å². The smallest absolute Gasteiger partial charge is 0.223 e. The lowest BCUT2D eigenvalue weighted by Crippen LogP contribution is -2.40. The zero-order valence-electron chi connectivity index (χ0n) is 15.4. The molecule has 2 aromatic carbocycles. The Bertz CT molecular complexity index is 882. The first-order valence-corrected chi connectivity index (χ1v) is 10.1. The lowest BCUT2D eigenvalue weighted by molar-refractivity contribution is -0.125. The molecule has 2 heterocycles. The number of carbonyl (C=O) groups is 1. The third-order valence-electron chi connectivity index (χ3n) is 5.04. The van der Waals surface area contributed by atoms with Crippen LogP contribution in [0.4, 0.5) is 5.13 Å². The van der Waals surface area contributed by atoms with Gasteiger partial charge in [0, 0.05) is 25.6 Å². The van der Waals surface area contributed by atoms with Crippen molar-refractivity contribution >= 4 is 32.6 Å². The van der Waals surface area contributed by atoms with Crippen molar-refractivity contribution in [3.05, 3.63) is 54.1 Å². The predicted molar refractivity (Wildman–Crippen MR) is 109 cm³/mol. The Morgan fingerprint density at radius 1 is 1.19 bits per heavy atom. The number of methoxy groups -OCH3 is 1. The molecule has 1 N–H and O–H groups in total. The second-order valence-electron chi connectivity index (χ2n) is 6.79. The highest BCUT2D eigenvalue weighted by Gasteiger charge is 2.26. The molecule has 1 fully saturated rings. The minimum Gasteiger partial charge on any atom is -0.497 e. The summed E-state index contributed by atoms with van der Waals surface area (Å²) < 4.78 is 6.37. The number of hydrogen-bond acceptors (Lipinski definition) is 5. The number of para-hydroxylation sites is 1. The number of benzene rings is 2. The average molecular weight is 382 g/mol. The third-order valence-corrected chi connectivity index (χ3v) is 6.14. The molecular formula is C21H23N3O2S. The molecule has 27 heavy (non-hydrogen) atoms. The quantitative estimate of drug-likeness (QED) is 0.730. The van der Waals surface area contributed by atoms with Gasteiger partial charge in [-0.15, -0.1) is 0 Å². The molecule has 1 aromatic heterocycles. The fourth-order valence-corrected chi connectivity index (χ4v) is 4.42. The maximum Gasteiger partial charge on any atom is 0.223 e. The van der Waals surface area contributed by atoms with Gasteiger partial charge < -0.3 is 15.0 Å². The Morgan fingerprint density at radius 3 is 2.63 bits per heavy atom. The van der Waals surface area contributed by atoms with Crippen molar-refractivity contribution in [3.8, 4) is 5.75 Å². The third kappa shape index (κ3) is 4.06. The Balaban J connectivity index is 1.29. The summed E-state index contributed by atoms with van der Waals surface area (Å²) in [6, 6.07) is 16.0. The highest BCUT2D eigenvalue weighted by atomic mass is 32.1. The van der Waals surface area contributed by atoms with Gasteiger partial charge in [-0.1, -0.05) is 35.6 Å². The maximum atomic E-state index is 12.5. The van der Waals surface area contributed by atoms with Crippen molar-refractivity contribution in [1.82, 2.24) is 10.3 Å². The van der Waals surface area contributed by atoms with Gasteiger partial charge in [-0.05, 0) is 42.7 Å².